The summed E-state index contributed by atoms with van der Waals surface area (Å²) in [7, 11) is 0. The Morgan fingerprint density at radius 3 is 2.54 bits per heavy atom. The zero-order valence-electron chi connectivity index (χ0n) is 15.5. The van der Waals surface area contributed by atoms with Crippen molar-refractivity contribution in [1.82, 2.24) is 4.90 Å². The van der Waals surface area contributed by atoms with E-state index in [1.807, 2.05) is 0 Å². The van der Waals surface area contributed by atoms with Crippen LogP contribution in [0.15, 0.2) is 24.3 Å². The van der Waals surface area contributed by atoms with Gasteiger partial charge in [-0.3, -0.25) is 14.5 Å². The Morgan fingerprint density at radius 1 is 1.32 bits per heavy atom. The lowest BCUT2D eigenvalue weighted by Crippen LogP contribution is -2.43. The first-order valence-corrected chi connectivity index (χ1v) is 9.00. The van der Waals surface area contributed by atoms with Crippen LogP contribution in [-0.2, 0) is 9.59 Å². The second-order valence-electron chi connectivity index (χ2n) is 6.55. The molecule has 1 aromatic carbocycles. The molecule has 1 aromatic rings. The van der Waals surface area contributed by atoms with Crippen LogP contribution in [0.5, 0.6) is 5.75 Å². The molecule has 1 fully saturated rings. The van der Waals surface area contributed by atoms with Crippen molar-refractivity contribution in [3.05, 3.63) is 24.3 Å². The number of carbonyl (C=O) groups is 2. The van der Waals surface area contributed by atoms with Crippen molar-refractivity contribution in [1.29, 1.82) is 5.26 Å². The largest absolute Gasteiger partial charge is 0.492 e. The van der Waals surface area contributed by atoms with E-state index in [1.54, 1.807) is 37.3 Å². The molecule has 0 aliphatic carbocycles. The number of Topliss-reactive ketones (excluding diaryl/α,β-unsaturated/α-hetero) is 1. The number of nitrogens with zero attached hydrogens (tertiary/aromatic N) is 2. The number of ketones is 1. The third kappa shape index (κ3) is 5.96. The lowest BCUT2D eigenvalue weighted by Gasteiger charge is -2.32. The average molecular weight is 397 g/mol. The van der Waals surface area contributed by atoms with Gasteiger partial charge in [-0.1, -0.05) is 12.1 Å². The summed E-state index contributed by atoms with van der Waals surface area (Å²) < 4.78 is 42.8. The van der Waals surface area contributed by atoms with Crippen molar-refractivity contribution >= 4 is 17.4 Å². The third-order valence-electron chi connectivity index (χ3n) is 4.51. The molecular weight excluding hydrogens is 375 g/mol. The molecule has 9 heteroatoms. The Hall–Kier alpha value is -2.60. The van der Waals surface area contributed by atoms with E-state index in [1.165, 1.54) is 4.90 Å². The Kier molecular flexibility index (Phi) is 7.40. The number of benzene rings is 1. The van der Waals surface area contributed by atoms with E-state index in [0.717, 1.165) is 0 Å². The molecule has 1 heterocycles. The highest BCUT2D eigenvalue weighted by Gasteiger charge is 2.37. The van der Waals surface area contributed by atoms with E-state index in [-0.39, 0.29) is 25.9 Å². The zero-order chi connectivity index (χ0) is 20.7. The minimum atomic E-state index is -4.29. The Morgan fingerprint density at radius 2 is 1.96 bits per heavy atom. The summed E-state index contributed by atoms with van der Waals surface area (Å²) in [5, 5.41) is 11.9. The molecule has 6 nitrogen and oxygen atoms in total. The van der Waals surface area contributed by atoms with Gasteiger partial charge in [0, 0.05) is 5.92 Å². The monoisotopic (exact) mass is 397 g/mol. The number of rotatable bonds is 7. The van der Waals surface area contributed by atoms with Gasteiger partial charge < -0.3 is 10.1 Å². The number of alkyl halides is 3. The van der Waals surface area contributed by atoms with E-state index in [4.69, 9.17) is 4.74 Å². The van der Waals surface area contributed by atoms with Crippen LogP contribution in [0.25, 0.3) is 0 Å². The minimum Gasteiger partial charge on any atom is -0.492 e. The molecule has 0 spiro atoms. The van der Waals surface area contributed by atoms with Gasteiger partial charge in [0.15, 0.2) is 11.7 Å². The molecule has 152 valence electrons. The van der Waals surface area contributed by atoms with Gasteiger partial charge in [0.25, 0.3) is 0 Å². The lowest BCUT2D eigenvalue weighted by atomic mass is 9.86. The molecule has 0 saturated carbocycles. The second kappa shape index (κ2) is 9.55. The fraction of sp³-hybridized carbons (Fsp3) is 0.526. The van der Waals surface area contributed by atoms with Gasteiger partial charge in [-0.15, -0.1) is 0 Å². The molecule has 1 unspecified atom stereocenters. The van der Waals surface area contributed by atoms with Crippen LogP contribution in [-0.4, -0.2) is 49.0 Å². The number of hydrogen-bond donors (Lipinski definition) is 1. The summed E-state index contributed by atoms with van der Waals surface area (Å²) >= 11 is 0. The number of likely N-dealkylation sites (tertiary alicyclic amines) is 1. The number of para-hydroxylation sites is 2. The van der Waals surface area contributed by atoms with Crippen LogP contribution in [0.1, 0.15) is 19.8 Å². The Bertz CT molecular complexity index is 738. The second-order valence-corrected chi connectivity index (χ2v) is 6.55. The minimum absolute atomic E-state index is 0.100. The Labute approximate surface area is 161 Å². The average Bonchev–Trinajstić information content (AvgIpc) is 2.63. The number of ether oxygens (including phenoxy) is 1. The molecule has 1 aliphatic rings. The molecule has 1 aliphatic heterocycles. The van der Waals surface area contributed by atoms with Gasteiger partial charge in [-0.05, 0) is 45.0 Å². The molecule has 0 bridgehead atoms. The molecule has 1 saturated heterocycles. The van der Waals surface area contributed by atoms with Crippen molar-refractivity contribution in [2.75, 3.05) is 31.6 Å². The Balaban J connectivity index is 1.98. The fourth-order valence-corrected chi connectivity index (χ4v) is 3.17. The maximum atomic E-state index is 12.6. The predicted molar refractivity (Wildman–Crippen MR) is 95.6 cm³/mol. The summed E-state index contributed by atoms with van der Waals surface area (Å²) in [6.45, 7) is 1.34. The van der Waals surface area contributed by atoms with Crippen LogP contribution in [0, 0.1) is 23.2 Å². The third-order valence-corrected chi connectivity index (χ3v) is 4.51. The number of amides is 1. The summed E-state index contributed by atoms with van der Waals surface area (Å²) in [5.74, 6) is -3.03. The summed E-state index contributed by atoms with van der Waals surface area (Å²) in [4.78, 5) is 26.3. The van der Waals surface area contributed by atoms with Crippen LogP contribution in [0.3, 0.4) is 0 Å². The van der Waals surface area contributed by atoms with Gasteiger partial charge in [0.1, 0.15) is 5.75 Å². The molecule has 0 radical (unpaired) electrons. The van der Waals surface area contributed by atoms with Crippen molar-refractivity contribution in [2.45, 2.75) is 25.9 Å². The standard InChI is InChI=1S/C19H22F3N3O3/c1-2-28-16-6-4-3-5-15(16)24-18(27)14(11-23)17(26)13-7-9-25(10-8-13)12-19(20,21)22/h3-6,13-14H,2,7-10,12H2,1H3,(H,24,27). The smallest absolute Gasteiger partial charge is 0.401 e. The van der Waals surface area contributed by atoms with Gasteiger partial charge in [-0.2, -0.15) is 18.4 Å². The zero-order valence-corrected chi connectivity index (χ0v) is 15.5. The number of halogens is 3. The number of hydrogen-bond acceptors (Lipinski definition) is 5. The maximum Gasteiger partial charge on any atom is 0.401 e. The molecule has 1 amide bonds. The van der Waals surface area contributed by atoms with E-state index >= 15 is 0 Å². The molecule has 1 atom stereocenters. The van der Waals surface area contributed by atoms with Crippen LogP contribution in [0.2, 0.25) is 0 Å². The first kappa shape index (κ1) is 21.7. The van der Waals surface area contributed by atoms with Crippen molar-refractivity contribution in [2.24, 2.45) is 11.8 Å². The first-order chi connectivity index (χ1) is 13.2. The fourth-order valence-electron chi connectivity index (χ4n) is 3.17. The number of anilines is 1. The topological polar surface area (TPSA) is 82.4 Å². The molecule has 2 rings (SSSR count). The van der Waals surface area contributed by atoms with E-state index in [0.29, 0.717) is 18.0 Å². The highest BCUT2D eigenvalue weighted by Crippen LogP contribution is 2.27. The van der Waals surface area contributed by atoms with Crippen molar-refractivity contribution in [3.8, 4) is 11.8 Å². The number of nitriles is 1. The maximum absolute atomic E-state index is 12.6. The van der Waals surface area contributed by atoms with Crippen molar-refractivity contribution < 1.29 is 27.5 Å². The van der Waals surface area contributed by atoms with Gasteiger partial charge >= 0.3 is 6.18 Å². The van der Waals surface area contributed by atoms with Gasteiger partial charge in [-0.25, -0.2) is 0 Å². The molecular formula is C19H22F3N3O3. The lowest BCUT2D eigenvalue weighted by molar-refractivity contribution is -0.149. The molecule has 1 N–H and O–H groups in total. The first-order valence-electron chi connectivity index (χ1n) is 9.00. The predicted octanol–water partition coefficient (Wildman–Crippen LogP) is 3.01. The highest BCUT2D eigenvalue weighted by molar-refractivity contribution is 6.10. The van der Waals surface area contributed by atoms with E-state index in [2.05, 4.69) is 5.32 Å². The quantitative estimate of drug-likeness (QED) is 0.716. The number of nitrogens with one attached hydrogen (secondary N) is 1. The highest BCUT2D eigenvalue weighted by atomic mass is 19.4. The van der Waals surface area contributed by atoms with E-state index < -0.39 is 36.2 Å². The summed E-state index contributed by atoms with van der Waals surface area (Å²) in [6.07, 6.45) is -3.91. The summed E-state index contributed by atoms with van der Waals surface area (Å²) in [6, 6.07) is 8.37. The van der Waals surface area contributed by atoms with E-state index in [9.17, 15) is 28.0 Å². The van der Waals surface area contributed by atoms with Crippen molar-refractivity contribution in [3.63, 3.8) is 0 Å². The number of piperidine rings is 1. The number of carbonyl (C=O) groups excluding carboxylic acids is 2. The normalized spacial score (nSPS) is 16.8. The molecule has 0 aromatic heterocycles. The van der Waals surface area contributed by atoms with Crippen LogP contribution in [0.4, 0.5) is 18.9 Å². The van der Waals surface area contributed by atoms with Gasteiger partial charge in [0.05, 0.1) is 24.9 Å². The van der Waals surface area contributed by atoms with Crippen LogP contribution >= 0.6 is 0 Å². The van der Waals surface area contributed by atoms with Crippen LogP contribution < -0.4 is 10.1 Å². The van der Waals surface area contributed by atoms with Gasteiger partial charge in [0.2, 0.25) is 5.91 Å². The SMILES string of the molecule is CCOc1ccccc1NC(=O)C(C#N)C(=O)C1CCN(CC(F)(F)F)CC1. The molecule has 28 heavy (non-hydrogen) atoms. The summed E-state index contributed by atoms with van der Waals surface area (Å²) in [5.41, 5.74) is 0.349.